The van der Waals surface area contributed by atoms with E-state index in [0.717, 1.165) is 38.2 Å². The largest absolute Gasteiger partial charge is 0.472 e. The second kappa shape index (κ2) is 7.57. The van der Waals surface area contributed by atoms with Gasteiger partial charge in [0.15, 0.2) is 17.5 Å². The maximum absolute atomic E-state index is 13.8. The molecule has 0 saturated heterocycles. The summed E-state index contributed by atoms with van der Waals surface area (Å²) in [5, 5.41) is 2.85. The van der Waals surface area contributed by atoms with Crippen molar-refractivity contribution in [3.05, 3.63) is 17.7 Å². The highest BCUT2D eigenvalue weighted by molar-refractivity contribution is 5.39. The summed E-state index contributed by atoms with van der Waals surface area (Å²) in [5.74, 6) is -0.797. The topological polar surface area (TPSA) is 34.2 Å². The third kappa shape index (κ3) is 4.29. The van der Waals surface area contributed by atoms with E-state index in [1.54, 1.807) is 0 Å². The van der Waals surface area contributed by atoms with Gasteiger partial charge in [-0.3, -0.25) is 0 Å². The van der Waals surface area contributed by atoms with E-state index in [1.165, 1.54) is 6.42 Å². The molecule has 0 bridgehead atoms. The van der Waals surface area contributed by atoms with Gasteiger partial charge in [-0.1, -0.05) is 26.7 Å². The predicted octanol–water partition coefficient (Wildman–Crippen LogP) is 4.53. The average Bonchev–Trinajstić information content (AvgIpc) is 2.49. The molecule has 118 valence electrons. The Hall–Kier alpha value is -1.39. The van der Waals surface area contributed by atoms with Crippen molar-refractivity contribution in [1.29, 1.82) is 0 Å². The summed E-state index contributed by atoms with van der Waals surface area (Å²) in [6, 6.07) is 0.848. The summed E-state index contributed by atoms with van der Waals surface area (Å²) in [4.78, 5) is 3.97. The quantitative estimate of drug-likeness (QED) is 0.838. The maximum Gasteiger partial charge on any atom is 0.252 e. The Balaban J connectivity index is 2.07. The highest BCUT2D eigenvalue weighted by Gasteiger charge is 2.24. The summed E-state index contributed by atoms with van der Waals surface area (Å²) in [6.45, 7) is 4.73. The number of hydrogen-bond acceptors (Lipinski definition) is 3. The molecular weight excluding hydrogens is 274 g/mol. The van der Waals surface area contributed by atoms with Crippen LogP contribution in [0, 0.1) is 17.6 Å². The number of nitrogens with one attached hydrogen (secondary N) is 1. The van der Waals surface area contributed by atoms with Gasteiger partial charge in [-0.05, 0) is 31.6 Å². The molecule has 2 rings (SSSR count). The van der Waals surface area contributed by atoms with Gasteiger partial charge in [0, 0.05) is 12.6 Å². The molecule has 1 aromatic rings. The summed E-state index contributed by atoms with van der Waals surface area (Å²) < 4.78 is 33.2. The Morgan fingerprint density at radius 1 is 1.29 bits per heavy atom. The van der Waals surface area contributed by atoms with E-state index >= 15 is 0 Å². The highest BCUT2D eigenvalue weighted by Crippen LogP contribution is 2.30. The Morgan fingerprint density at radius 2 is 2.10 bits per heavy atom. The molecule has 0 aliphatic heterocycles. The minimum absolute atomic E-state index is 0.0183. The van der Waals surface area contributed by atoms with E-state index in [-0.39, 0.29) is 17.8 Å². The first-order valence-corrected chi connectivity index (χ1v) is 7.90. The number of ether oxygens (including phenoxy) is 1. The molecule has 1 N–H and O–H groups in total. The molecule has 1 saturated carbocycles. The molecule has 3 nitrogen and oxygen atoms in total. The van der Waals surface area contributed by atoms with Crippen molar-refractivity contribution in [2.24, 2.45) is 5.92 Å². The summed E-state index contributed by atoms with van der Waals surface area (Å²) in [5.41, 5.74) is 0. The lowest BCUT2D eigenvalue weighted by Crippen LogP contribution is -2.26. The Bertz CT molecular complexity index is 468. The molecule has 2 atom stereocenters. The molecule has 2 unspecified atom stereocenters. The van der Waals surface area contributed by atoms with Gasteiger partial charge in [0.1, 0.15) is 6.10 Å². The molecule has 0 amide bonds. The van der Waals surface area contributed by atoms with Gasteiger partial charge in [-0.25, -0.2) is 8.78 Å². The van der Waals surface area contributed by atoms with Crippen LogP contribution in [0.4, 0.5) is 14.6 Å². The molecule has 1 aliphatic rings. The predicted molar refractivity (Wildman–Crippen MR) is 79.6 cm³/mol. The first kappa shape index (κ1) is 16.0. The van der Waals surface area contributed by atoms with Gasteiger partial charge in [-0.2, -0.15) is 4.98 Å². The van der Waals surface area contributed by atoms with Crippen LogP contribution >= 0.6 is 0 Å². The van der Waals surface area contributed by atoms with E-state index in [0.29, 0.717) is 12.5 Å². The third-order valence-electron chi connectivity index (χ3n) is 4.03. The van der Waals surface area contributed by atoms with Crippen molar-refractivity contribution < 1.29 is 13.5 Å². The van der Waals surface area contributed by atoms with E-state index in [9.17, 15) is 8.78 Å². The Labute approximate surface area is 125 Å². The standard InChI is InChI=1S/C16H24F2N2O/c1-3-8-19-15-13(17)10-14(18)16(20-15)21-12-7-5-6-11(4-2)9-12/h10-12H,3-9H2,1-2H3,(H,19,20). The van der Waals surface area contributed by atoms with E-state index in [4.69, 9.17) is 4.74 Å². The van der Waals surface area contributed by atoms with Gasteiger partial charge in [0.05, 0.1) is 0 Å². The first-order chi connectivity index (χ1) is 10.1. The zero-order valence-corrected chi connectivity index (χ0v) is 12.8. The Morgan fingerprint density at radius 3 is 2.81 bits per heavy atom. The van der Waals surface area contributed by atoms with Crippen molar-refractivity contribution in [3.63, 3.8) is 0 Å². The number of pyridine rings is 1. The number of anilines is 1. The normalized spacial score (nSPS) is 22.1. The minimum atomic E-state index is -0.729. The fourth-order valence-corrected chi connectivity index (χ4v) is 2.78. The van der Waals surface area contributed by atoms with Gasteiger partial charge < -0.3 is 10.1 Å². The lowest BCUT2D eigenvalue weighted by atomic mass is 9.85. The number of hydrogen-bond donors (Lipinski definition) is 1. The molecule has 21 heavy (non-hydrogen) atoms. The van der Waals surface area contributed by atoms with Crippen LogP contribution in [-0.4, -0.2) is 17.6 Å². The van der Waals surface area contributed by atoms with Gasteiger partial charge in [0.2, 0.25) is 0 Å². The second-order valence-electron chi connectivity index (χ2n) is 5.71. The van der Waals surface area contributed by atoms with E-state index < -0.39 is 11.6 Å². The zero-order chi connectivity index (χ0) is 15.2. The molecule has 1 aromatic heterocycles. The number of rotatable bonds is 6. The van der Waals surface area contributed by atoms with Crippen LogP contribution in [0.15, 0.2) is 6.07 Å². The van der Waals surface area contributed by atoms with Crippen molar-refractivity contribution in [2.45, 2.75) is 58.5 Å². The van der Waals surface area contributed by atoms with Gasteiger partial charge in [-0.15, -0.1) is 0 Å². The third-order valence-corrected chi connectivity index (χ3v) is 4.03. The molecule has 0 radical (unpaired) electrons. The van der Waals surface area contributed by atoms with Crippen LogP contribution in [0.1, 0.15) is 52.4 Å². The first-order valence-electron chi connectivity index (χ1n) is 7.90. The minimum Gasteiger partial charge on any atom is -0.472 e. The highest BCUT2D eigenvalue weighted by atomic mass is 19.1. The molecule has 1 fully saturated rings. The van der Waals surface area contributed by atoms with Crippen molar-refractivity contribution in [3.8, 4) is 5.88 Å². The zero-order valence-electron chi connectivity index (χ0n) is 12.8. The lowest BCUT2D eigenvalue weighted by Gasteiger charge is -2.28. The van der Waals surface area contributed by atoms with E-state index in [2.05, 4.69) is 17.2 Å². The SMILES string of the molecule is CCCNc1nc(OC2CCCC(CC)C2)c(F)cc1F. The smallest absolute Gasteiger partial charge is 0.252 e. The number of halogens is 2. The number of nitrogens with zero attached hydrogens (tertiary/aromatic N) is 1. The summed E-state index contributed by atoms with van der Waals surface area (Å²) in [7, 11) is 0. The molecule has 1 aliphatic carbocycles. The van der Waals surface area contributed by atoms with Crippen LogP contribution in [0.2, 0.25) is 0 Å². The van der Waals surface area contributed by atoms with E-state index in [1.807, 2.05) is 6.92 Å². The fraction of sp³-hybridized carbons (Fsp3) is 0.688. The van der Waals surface area contributed by atoms with Crippen LogP contribution < -0.4 is 10.1 Å². The fourth-order valence-electron chi connectivity index (χ4n) is 2.78. The maximum atomic E-state index is 13.8. The van der Waals surface area contributed by atoms with Crippen LogP contribution in [0.5, 0.6) is 5.88 Å². The molecular formula is C16H24F2N2O. The lowest BCUT2D eigenvalue weighted by molar-refractivity contribution is 0.112. The second-order valence-corrected chi connectivity index (χ2v) is 5.71. The number of aromatic nitrogens is 1. The average molecular weight is 298 g/mol. The summed E-state index contributed by atoms with van der Waals surface area (Å²) >= 11 is 0. The van der Waals surface area contributed by atoms with Crippen molar-refractivity contribution >= 4 is 5.82 Å². The Kier molecular flexibility index (Phi) is 5.76. The van der Waals surface area contributed by atoms with Crippen LogP contribution in [0.25, 0.3) is 0 Å². The van der Waals surface area contributed by atoms with Crippen LogP contribution in [-0.2, 0) is 0 Å². The molecule has 0 spiro atoms. The summed E-state index contributed by atoms with van der Waals surface area (Å²) in [6.07, 6.45) is 6.07. The molecule has 0 aromatic carbocycles. The monoisotopic (exact) mass is 298 g/mol. The van der Waals surface area contributed by atoms with Crippen molar-refractivity contribution in [2.75, 3.05) is 11.9 Å². The van der Waals surface area contributed by atoms with Gasteiger partial charge in [0.25, 0.3) is 5.88 Å². The van der Waals surface area contributed by atoms with Gasteiger partial charge >= 0.3 is 0 Å². The molecule has 5 heteroatoms. The van der Waals surface area contributed by atoms with Crippen LogP contribution in [0.3, 0.4) is 0 Å². The molecule has 1 heterocycles. The van der Waals surface area contributed by atoms with Crippen molar-refractivity contribution in [1.82, 2.24) is 4.98 Å².